The highest BCUT2D eigenvalue weighted by Gasteiger charge is 2.23. The lowest BCUT2D eigenvalue weighted by Gasteiger charge is -2.34. The molecule has 116 valence electrons. The van der Waals surface area contributed by atoms with Crippen LogP contribution in [0.25, 0.3) is 0 Å². The molecule has 0 saturated carbocycles. The Morgan fingerprint density at radius 1 is 1.09 bits per heavy atom. The molecule has 3 rings (SSSR count). The molecule has 1 amide bonds. The average Bonchev–Trinajstić information content (AvgIpc) is 2.63. The monoisotopic (exact) mass is 308 g/mol. The van der Waals surface area contributed by atoms with Crippen LogP contribution in [0.15, 0.2) is 48.7 Å². The SMILES string of the molecule is N#Cc1ccc(N2CCN(C(=O)Oc3ccccc3)CC2)nc1. The van der Waals surface area contributed by atoms with Gasteiger partial charge in [-0.2, -0.15) is 5.26 Å². The second-order valence-corrected chi connectivity index (χ2v) is 5.17. The van der Waals surface area contributed by atoms with Crippen molar-refractivity contribution in [2.75, 3.05) is 31.1 Å². The lowest BCUT2D eigenvalue weighted by Crippen LogP contribution is -2.49. The molecule has 6 nitrogen and oxygen atoms in total. The summed E-state index contributed by atoms with van der Waals surface area (Å²) in [5.41, 5.74) is 0.541. The minimum Gasteiger partial charge on any atom is -0.410 e. The number of hydrogen-bond acceptors (Lipinski definition) is 5. The third-order valence-corrected chi connectivity index (χ3v) is 3.69. The number of nitriles is 1. The third-order valence-electron chi connectivity index (χ3n) is 3.69. The molecule has 1 aromatic carbocycles. The minimum absolute atomic E-state index is 0.330. The molecule has 6 heteroatoms. The first-order valence-electron chi connectivity index (χ1n) is 7.39. The molecule has 0 atom stereocenters. The van der Waals surface area contributed by atoms with Crippen LogP contribution in [0.3, 0.4) is 0 Å². The fourth-order valence-electron chi connectivity index (χ4n) is 2.41. The Labute approximate surface area is 134 Å². The van der Waals surface area contributed by atoms with E-state index in [2.05, 4.69) is 16.0 Å². The number of para-hydroxylation sites is 1. The van der Waals surface area contributed by atoms with Crippen LogP contribution in [-0.2, 0) is 0 Å². The molecule has 23 heavy (non-hydrogen) atoms. The van der Waals surface area contributed by atoms with E-state index < -0.39 is 0 Å². The van der Waals surface area contributed by atoms with Crippen molar-refractivity contribution in [2.24, 2.45) is 0 Å². The first-order chi connectivity index (χ1) is 11.3. The summed E-state index contributed by atoms with van der Waals surface area (Å²) in [6, 6.07) is 14.7. The Morgan fingerprint density at radius 2 is 1.83 bits per heavy atom. The summed E-state index contributed by atoms with van der Waals surface area (Å²) in [6.07, 6.45) is 1.23. The summed E-state index contributed by atoms with van der Waals surface area (Å²) >= 11 is 0. The van der Waals surface area contributed by atoms with Gasteiger partial charge in [-0.3, -0.25) is 0 Å². The maximum absolute atomic E-state index is 12.1. The molecule has 0 N–H and O–H groups in total. The van der Waals surface area contributed by atoms with E-state index in [-0.39, 0.29) is 6.09 Å². The Kier molecular flexibility index (Phi) is 4.39. The van der Waals surface area contributed by atoms with Gasteiger partial charge in [-0.15, -0.1) is 0 Å². The Balaban J connectivity index is 1.55. The minimum atomic E-state index is -0.330. The number of carbonyl (C=O) groups is 1. The van der Waals surface area contributed by atoms with Crippen molar-refractivity contribution >= 4 is 11.9 Å². The topological polar surface area (TPSA) is 69.5 Å². The molecule has 1 saturated heterocycles. The Morgan fingerprint density at radius 3 is 2.43 bits per heavy atom. The van der Waals surface area contributed by atoms with Gasteiger partial charge in [0.25, 0.3) is 0 Å². The number of hydrogen-bond donors (Lipinski definition) is 0. The average molecular weight is 308 g/mol. The van der Waals surface area contributed by atoms with E-state index in [9.17, 15) is 4.79 Å². The number of ether oxygens (including phenoxy) is 1. The van der Waals surface area contributed by atoms with Crippen LogP contribution in [0, 0.1) is 11.3 Å². The summed E-state index contributed by atoms with van der Waals surface area (Å²) in [4.78, 5) is 20.2. The maximum Gasteiger partial charge on any atom is 0.415 e. The lowest BCUT2D eigenvalue weighted by molar-refractivity contribution is 0.149. The van der Waals surface area contributed by atoms with Crippen molar-refractivity contribution in [2.45, 2.75) is 0 Å². The van der Waals surface area contributed by atoms with Gasteiger partial charge in [0.2, 0.25) is 0 Å². The van der Waals surface area contributed by atoms with Gasteiger partial charge in [0, 0.05) is 32.4 Å². The molecule has 1 aliphatic rings. The molecule has 0 unspecified atom stereocenters. The van der Waals surface area contributed by atoms with Crippen molar-refractivity contribution in [3.8, 4) is 11.8 Å². The van der Waals surface area contributed by atoms with Gasteiger partial charge in [-0.1, -0.05) is 18.2 Å². The van der Waals surface area contributed by atoms with Gasteiger partial charge in [0.05, 0.1) is 5.56 Å². The summed E-state index contributed by atoms with van der Waals surface area (Å²) in [5, 5.41) is 8.79. The smallest absolute Gasteiger partial charge is 0.410 e. The number of rotatable bonds is 2. The van der Waals surface area contributed by atoms with Gasteiger partial charge in [0.1, 0.15) is 17.6 Å². The molecule has 1 fully saturated rings. The molecule has 2 heterocycles. The third kappa shape index (κ3) is 3.58. The fraction of sp³-hybridized carbons (Fsp3) is 0.235. The van der Waals surface area contributed by atoms with Gasteiger partial charge < -0.3 is 14.5 Å². The van der Waals surface area contributed by atoms with Crippen LogP contribution >= 0.6 is 0 Å². The standard InChI is InChI=1S/C17H16N4O2/c18-12-14-6-7-16(19-13-14)20-8-10-21(11-9-20)17(22)23-15-4-2-1-3-5-15/h1-7,13H,8-11H2. The first kappa shape index (κ1) is 14.9. The molecule has 2 aromatic rings. The van der Waals surface area contributed by atoms with E-state index in [1.807, 2.05) is 24.3 Å². The molecular formula is C17H16N4O2. The summed E-state index contributed by atoms with van der Waals surface area (Å²) in [7, 11) is 0. The van der Waals surface area contributed by atoms with E-state index in [1.165, 1.54) is 0 Å². The van der Waals surface area contributed by atoms with Gasteiger partial charge in [0.15, 0.2) is 0 Å². The van der Waals surface area contributed by atoms with E-state index in [0.29, 0.717) is 37.5 Å². The highest BCUT2D eigenvalue weighted by atomic mass is 16.6. The molecule has 0 aliphatic carbocycles. The first-order valence-corrected chi connectivity index (χ1v) is 7.39. The molecule has 1 aromatic heterocycles. The molecule has 0 bridgehead atoms. The highest BCUT2D eigenvalue weighted by Crippen LogP contribution is 2.15. The number of aromatic nitrogens is 1. The predicted octanol–water partition coefficient (Wildman–Crippen LogP) is 2.27. The van der Waals surface area contributed by atoms with Gasteiger partial charge >= 0.3 is 6.09 Å². The zero-order chi connectivity index (χ0) is 16.1. The Bertz CT molecular complexity index is 702. The van der Waals surface area contributed by atoms with Crippen LogP contribution in [0.5, 0.6) is 5.75 Å². The second kappa shape index (κ2) is 6.79. The number of piperazine rings is 1. The number of pyridine rings is 1. The largest absolute Gasteiger partial charge is 0.415 e. The van der Waals surface area contributed by atoms with Crippen LogP contribution in [0.4, 0.5) is 10.6 Å². The van der Waals surface area contributed by atoms with Crippen molar-refractivity contribution in [1.82, 2.24) is 9.88 Å². The van der Waals surface area contributed by atoms with Crippen molar-refractivity contribution < 1.29 is 9.53 Å². The number of benzene rings is 1. The Hall–Kier alpha value is -3.07. The fourth-order valence-corrected chi connectivity index (χ4v) is 2.41. The van der Waals surface area contributed by atoms with E-state index in [0.717, 1.165) is 5.82 Å². The van der Waals surface area contributed by atoms with Crippen LogP contribution in [-0.4, -0.2) is 42.2 Å². The molecule has 0 spiro atoms. The molecular weight excluding hydrogens is 292 g/mol. The van der Waals surface area contributed by atoms with Crippen molar-refractivity contribution in [3.05, 3.63) is 54.2 Å². The number of nitrogens with zero attached hydrogens (tertiary/aromatic N) is 4. The van der Waals surface area contributed by atoms with E-state index in [4.69, 9.17) is 10.00 Å². The summed E-state index contributed by atoms with van der Waals surface area (Å²) < 4.78 is 5.34. The summed E-state index contributed by atoms with van der Waals surface area (Å²) in [5.74, 6) is 1.37. The zero-order valence-electron chi connectivity index (χ0n) is 12.6. The van der Waals surface area contributed by atoms with Crippen LogP contribution in [0.1, 0.15) is 5.56 Å². The molecule has 1 aliphatic heterocycles. The predicted molar refractivity (Wildman–Crippen MR) is 85.2 cm³/mol. The van der Waals surface area contributed by atoms with Crippen LogP contribution < -0.4 is 9.64 Å². The van der Waals surface area contributed by atoms with E-state index >= 15 is 0 Å². The van der Waals surface area contributed by atoms with Gasteiger partial charge in [-0.05, 0) is 24.3 Å². The summed E-state index contributed by atoms with van der Waals surface area (Å²) in [6.45, 7) is 2.52. The zero-order valence-corrected chi connectivity index (χ0v) is 12.6. The number of anilines is 1. The highest BCUT2D eigenvalue weighted by molar-refractivity contribution is 5.71. The normalized spacial score (nSPS) is 14.2. The lowest BCUT2D eigenvalue weighted by atomic mass is 10.3. The van der Waals surface area contributed by atoms with E-state index in [1.54, 1.807) is 29.3 Å². The van der Waals surface area contributed by atoms with Crippen molar-refractivity contribution in [1.29, 1.82) is 5.26 Å². The second-order valence-electron chi connectivity index (χ2n) is 5.17. The maximum atomic E-state index is 12.1. The quantitative estimate of drug-likeness (QED) is 0.851. The number of amides is 1. The number of carbonyl (C=O) groups excluding carboxylic acids is 1. The van der Waals surface area contributed by atoms with Gasteiger partial charge in [-0.25, -0.2) is 9.78 Å². The van der Waals surface area contributed by atoms with Crippen LogP contribution in [0.2, 0.25) is 0 Å². The molecule has 0 radical (unpaired) electrons. The van der Waals surface area contributed by atoms with Crippen molar-refractivity contribution in [3.63, 3.8) is 0 Å².